The van der Waals surface area contributed by atoms with Crippen molar-refractivity contribution in [3.8, 4) is 0 Å². The predicted octanol–water partition coefficient (Wildman–Crippen LogP) is 5.17. The van der Waals surface area contributed by atoms with E-state index in [0.29, 0.717) is 0 Å². The molecule has 0 radical (unpaired) electrons. The molecule has 0 bridgehead atoms. The summed E-state index contributed by atoms with van der Waals surface area (Å²) in [6.45, 7) is 2.24. The first kappa shape index (κ1) is 18.9. The highest BCUT2D eigenvalue weighted by atomic mass is 32.2. The lowest BCUT2D eigenvalue weighted by Crippen LogP contribution is -1.97. The van der Waals surface area contributed by atoms with E-state index >= 15 is 0 Å². The van der Waals surface area contributed by atoms with E-state index in [9.17, 15) is 8.42 Å². The van der Waals surface area contributed by atoms with Gasteiger partial charge >= 0.3 is 0 Å². The van der Waals surface area contributed by atoms with Crippen molar-refractivity contribution in [3.05, 3.63) is 42.0 Å². The number of benzene rings is 1. The molecule has 0 unspecified atom stereocenters. The third kappa shape index (κ3) is 8.35. The van der Waals surface area contributed by atoms with E-state index in [1.54, 1.807) is 12.1 Å². The van der Waals surface area contributed by atoms with Gasteiger partial charge in [-0.05, 0) is 37.0 Å². The van der Waals surface area contributed by atoms with Gasteiger partial charge in [0, 0.05) is 0 Å². The molecule has 0 amide bonds. The molecule has 4 heteroatoms. The van der Waals surface area contributed by atoms with Crippen LogP contribution in [0.25, 0.3) is 0 Å². The maximum atomic E-state index is 10.9. The van der Waals surface area contributed by atoms with Gasteiger partial charge in [-0.2, -0.15) is 8.42 Å². The van der Waals surface area contributed by atoms with Crippen molar-refractivity contribution in [1.29, 1.82) is 0 Å². The Kier molecular flexibility index (Phi) is 9.09. The molecule has 0 aliphatic rings. The molecule has 0 aliphatic heterocycles. The molecule has 0 aliphatic carbocycles. The highest BCUT2D eigenvalue weighted by molar-refractivity contribution is 7.85. The van der Waals surface area contributed by atoms with Gasteiger partial charge in [-0.25, -0.2) is 0 Å². The minimum atomic E-state index is -4.08. The largest absolute Gasteiger partial charge is 0.294 e. The van der Waals surface area contributed by atoms with E-state index in [0.717, 1.165) is 18.4 Å². The van der Waals surface area contributed by atoms with Crippen molar-refractivity contribution in [2.45, 2.75) is 69.6 Å². The summed E-state index contributed by atoms with van der Waals surface area (Å²) in [4.78, 5) is -0.0525. The van der Waals surface area contributed by atoms with Crippen molar-refractivity contribution >= 4 is 10.1 Å². The van der Waals surface area contributed by atoms with Gasteiger partial charge in [-0.1, -0.05) is 69.7 Å². The average molecular weight is 324 g/mol. The van der Waals surface area contributed by atoms with Crippen molar-refractivity contribution in [2.24, 2.45) is 0 Å². The van der Waals surface area contributed by atoms with Crippen LogP contribution < -0.4 is 0 Å². The minimum Gasteiger partial charge on any atom is -0.282 e. The Bertz CT molecular complexity index is 530. The van der Waals surface area contributed by atoms with Crippen molar-refractivity contribution in [1.82, 2.24) is 0 Å². The second-order valence-electron chi connectivity index (χ2n) is 5.70. The van der Waals surface area contributed by atoms with E-state index in [1.807, 2.05) is 0 Å². The topological polar surface area (TPSA) is 54.4 Å². The molecule has 1 aromatic carbocycles. The van der Waals surface area contributed by atoms with Gasteiger partial charge in [-0.15, -0.1) is 0 Å². The third-order valence-electron chi connectivity index (χ3n) is 3.72. The quantitative estimate of drug-likeness (QED) is 0.347. The van der Waals surface area contributed by atoms with E-state index in [-0.39, 0.29) is 4.90 Å². The Hall–Kier alpha value is -1.13. The van der Waals surface area contributed by atoms with Gasteiger partial charge in [0.05, 0.1) is 4.90 Å². The molecule has 0 spiro atoms. The van der Waals surface area contributed by atoms with Crippen LogP contribution in [0.15, 0.2) is 41.3 Å². The summed E-state index contributed by atoms with van der Waals surface area (Å²) in [7, 11) is -4.08. The van der Waals surface area contributed by atoms with E-state index in [2.05, 4.69) is 19.1 Å². The fourth-order valence-electron chi connectivity index (χ4n) is 2.35. The number of hydrogen-bond donors (Lipinski definition) is 1. The van der Waals surface area contributed by atoms with Crippen LogP contribution in [0.4, 0.5) is 0 Å². The first-order valence-electron chi connectivity index (χ1n) is 8.25. The second-order valence-corrected chi connectivity index (χ2v) is 7.13. The highest BCUT2D eigenvalue weighted by Gasteiger charge is 2.07. The normalized spacial score (nSPS) is 12.1. The molecule has 0 heterocycles. The van der Waals surface area contributed by atoms with Gasteiger partial charge in [0.1, 0.15) is 0 Å². The molecule has 0 fully saturated rings. The Labute approximate surface area is 135 Å². The molecule has 3 nitrogen and oxygen atoms in total. The average Bonchev–Trinajstić information content (AvgIpc) is 2.49. The van der Waals surface area contributed by atoms with Crippen molar-refractivity contribution in [2.75, 3.05) is 0 Å². The standard InChI is InChI=1S/C18H28O3S/c1-2-3-4-5-6-7-8-9-10-11-12-17-13-15-18(16-14-17)22(19,20)21/h10-11,13-16H,2-9,12H2,1H3,(H,19,20,21)/b11-10+. The van der Waals surface area contributed by atoms with Crippen LogP contribution in [0.3, 0.4) is 0 Å². The maximum absolute atomic E-state index is 10.9. The molecular formula is C18H28O3S. The second kappa shape index (κ2) is 10.6. The van der Waals surface area contributed by atoms with E-state index in [4.69, 9.17) is 4.55 Å². The van der Waals surface area contributed by atoms with Crippen LogP contribution in [0.2, 0.25) is 0 Å². The summed E-state index contributed by atoms with van der Waals surface area (Å²) >= 11 is 0. The number of hydrogen-bond acceptors (Lipinski definition) is 2. The Morgan fingerprint density at radius 1 is 0.909 bits per heavy atom. The van der Waals surface area contributed by atoms with Gasteiger partial charge in [0.2, 0.25) is 0 Å². The van der Waals surface area contributed by atoms with Gasteiger partial charge in [0.25, 0.3) is 10.1 Å². The van der Waals surface area contributed by atoms with Crippen LogP contribution in [0, 0.1) is 0 Å². The molecule has 124 valence electrons. The van der Waals surface area contributed by atoms with Crippen LogP contribution in [0.5, 0.6) is 0 Å². The number of rotatable bonds is 11. The summed E-state index contributed by atoms with van der Waals surface area (Å²) < 4.78 is 30.8. The first-order valence-corrected chi connectivity index (χ1v) is 9.69. The van der Waals surface area contributed by atoms with Crippen molar-refractivity contribution in [3.63, 3.8) is 0 Å². The summed E-state index contributed by atoms with van der Waals surface area (Å²) in [5.41, 5.74) is 1.04. The molecule has 0 aromatic heterocycles. The highest BCUT2D eigenvalue weighted by Crippen LogP contribution is 2.12. The number of unbranched alkanes of at least 4 members (excludes halogenated alkanes) is 7. The first-order chi connectivity index (χ1) is 10.5. The zero-order chi connectivity index (χ0) is 16.3. The number of allylic oxidation sites excluding steroid dienone is 2. The van der Waals surface area contributed by atoms with Crippen LogP contribution >= 0.6 is 0 Å². The predicted molar refractivity (Wildman–Crippen MR) is 91.7 cm³/mol. The fraction of sp³-hybridized carbons (Fsp3) is 0.556. The minimum absolute atomic E-state index is 0.0525. The smallest absolute Gasteiger partial charge is 0.282 e. The maximum Gasteiger partial charge on any atom is 0.294 e. The molecule has 1 rings (SSSR count). The van der Waals surface area contributed by atoms with E-state index < -0.39 is 10.1 Å². The zero-order valence-electron chi connectivity index (χ0n) is 13.5. The summed E-state index contributed by atoms with van der Waals surface area (Å²) in [5.74, 6) is 0. The molecule has 1 aromatic rings. The summed E-state index contributed by atoms with van der Waals surface area (Å²) in [5, 5.41) is 0. The molecule has 1 N–H and O–H groups in total. The molecule has 22 heavy (non-hydrogen) atoms. The third-order valence-corrected chi connectivity index (χ3v) is 4.58. The van der Waals surface area contributed by atoms with Gasteiger partial charge < -0.3 is 0 Å². The lowest BCUT2D eigenvalue weighted by atomic mass is 10.1. The molecule has 0 atom stereocenters. The van der Waals surface area contributed by atoms with Gasteiger partial charge in [0.15, 0.2) is 0 Å². The van der Waals surface area contributed by atoms with Crippen molar-refractivity contribution < 1.29 is 13.0 Å². The summed E-state index contributed by atoms with van der Waals surface area (Å²) in [6, 6.07) is 6.35. The monoisotopic (exact) mass is 324 g/mol. The fourth-order valence-corrected chi connectivity index (χ4v) is 2.83. The van der Waals surface area contributed by atoms with Gasteiger partial charge in [-0.3, -0.25) is 4.55 Å². The van der Waals surface area contributed by atoms with E-state index in [1.165, 1.54) is 57.1 Å². The molecule has 0 saturated heterocycles. The molecule has 0 saturated carbocycles. The lowest BCUT2D eigenvalue weighted by molar-refractivity contribution is 0.483. The van der Waals surface area contributed by atoms with Crippen LogP contribution in [0.1, 0.15) is 63.9 Å². The lowest BCUT2D eigenvalue weighted by Gasteiger charge is -2.00. The van der Waals surface area contributed by atoms with Crippen LogP contribution in [-0.4, -0.2) is 13.0 Å². The molecular weight excluding hydrogens is 296 g/mol. The SMILES string of the molecule is CCCCCCCCC/C=C/Cc1ccc(S(=O)(=O)O)cc1. The Morgan fingerprint density at radius 2 is 1.50 bits per heavy atom. The Balaban J connectivity index is 2.15. The zero-order valence-corrected chi connectivity index (χ0v) is 14.3. The van der Waals surface area contributed by atoms with Crippen LogP contribution in [-0.2, 0) is 16.5 Å². The Morgan fingerprint density at radius 3 is 2.09 bits per heavy atom. The summed E-state index contributed by atoms with van der Waals surface area (Å²) in [6.07, 6.45) is 15.5.